The Bertz CT molecular complexity index is 202. The van der Waals surface area contributed by atoms with Crippen molar-refractivity contribution >= 4 is 7.92 Å². The quantitative estimate of drug-likeness (QED) is 0.618. The molecule has 0 aliphatic heterocycles. The first-order valence-electron chi connectivity index (χ1n) is 4.50. The van der Waals surface area contributed by atoms with Gasteiger partial charge in [0.2, 0.25) is 0 Å². The monoisotopic (exact) mass is 179 g/mol. The van der Waals surface area contributed by atoms with Crippen molar-refractivity contribution in [2.24, 2.45) is 0 Å². The number of hydrogen-bond donors (Lipinski definition) is 0. The molecule has 0 N–H and O–H groups in total. The smallest absolute Gasteiger partial charge is 0.0150 e. The van der Waals surface area contributed by atoms with E-state index in [4.69, 9.17) is 0 Å². The van der Waals surface area contributed by atoms with Gasteiger partial charge in [-0.15, -0.1) is 0 Å². The lowest BCUT2D eigenvalue weighted by Gasteiger charge is -2.11. The molecule has 0 saturated carbocycles. The van der Waals surface area contributed by atoms with Crippen molar-refractivity contribution in [2.75, 3.05) is 12.3 Å². The molecule has 0 atom stereocenters. The average Bonchev–Trinajstić information content (AvgIpc) is 2.16. The van der Waals surface area contributed by atoms with Gasteiger partial charge in [-0.3, -0.25) is 0 Å². The van der Waals surface area contributed by atoms with Gasteiger partial charge in [-0.05, 0) is 17.9 Å². The van der Waals surface area contributed by atoms with Crippen LogP contribution >= 0.6 is 7.92 Å². The summed E-state index contributed by atoms with van der Waals surface area (Å²) in [6.07, 6.45) is 5.04. The van der Waals surface area contributed by atoms with Crippen LogP contribution in [0.1, 0.15) is 19.4 Å². The molecule has 1 heteroatoms. The second-order valence-electron chi connectivity index (χ2n) is 2.76. The van der Waals surface area contributed by atoms with Crippen LogP contribution < -0.4 is 0 Å². The van der Waals surface area contributed by atoms with Gasteiger partial charge < -0.3 is 0 Å². The highest BCUT2D eigenvalue weighted by Crippen LogP contribution is 2.40. The molecule has 0 amide bonds. The molecule has 0 aromatic heterocycles. The molecule has 0 nitrogen and oxygen atoms in total. The van der Waals surface area contributed by atoms with Gasteiger partial charge in [-0.1, -0.05) is 52.1 Å². The highest BCUT2D eigenvalue weighted by Gasteiger charge is 2.02. The van der Waals surface area contributed by atoms with E-state index in [0.29, 0.717) is 0 Å². The van der Waals surface area contributed by atoms with Crippen LogP contribution in [0.2, 0.25) is 0 Å². The van der Waals surface area contributed by atoms with Gasteiger partial charge in [0.05, 0.1) is 0 Å². The zero-order valence-corrected chi connectivity index (χ0v) is 8.72. The van der Waals surface area contributed by atoms with Crippen LogP contribution in [0.15, 0.2) is 30.3 Å². The van der Waals surface area contributed by atoms with Gasteiger partial charge >= 0.3 is 0 Å². The minimum absolute atomic E-state index is 0.142. The molecule has 1 aromatic rings. The Labute approximate surface area is 76.8 Å². The topological polar surface area (TPSA) is 0 Å². The Hall–Kier alpha value is -0.350. The van der Waals surface area contributed by atoms with Crippen molar-refractivity contribution in [3.63, 3.8) is 0 Å². The normalized spacial score (nSPS) is 10.6. The number of benzene rings is 1. The molecule has 1 aromatic carbocycles. The first-order valence-corrected chi connectivity index (χ1v) is 6.29. The van der Waals surface area contributed by atoms with E-state index < -0.39 is 0 Å². The maximum absolute atomic E-state index is 2.43. The van der Waals surface area contributed by atoms with Crippen LogP contribution in [0.25, 0.3) is 0 Å². The van der Waals surface area contributed by atoms with Crippen molar-refractivity contribution in [3.8, 4) is 0 Å². The minimum atomic E-state index is 0.142. The SMILES string of the molecule is CCP([CH]c1ccccc1)CC. The summed E-state index contributed by atoms with van der Waals surface area (Å²) < 4.78 is 0. The summed E-state index contributed by atoms with van der Waals surface area (Å²) in [5.41, 5.74) is 1.38. The van der Waals surface area contributed by atoms with Crippen molar-refractivity contribution in [1.82, 2.24) is 0 Å². The third-order valence-corrected chi connectivity index (χ3v) is 4.23. The molecule has 0 spiro atoms. The molecule has 65 valence electrons. The fourth-order valence-corrected chi connectivity index (χ4v) is 2.56. The van der Waals surface area contributed by atoms with Gasteiger partial charge in [0.25, 0.3) is 0 Å². The number of hydrogen-bond acceptors (Lipinski definition) is 0. The fraction of sp³-hybridized carbons (Fsp3) is 0.364. The lowest BCUT2D eigenvalue weighted by Crippen LogP contribution is -1.85. The second-order valence-corrected chi connectivity index (χ2v) is 5.46. The molecular weight excluding hydrogens is 163 g/mol. The summed E-state index contributed by atoms with van der Waals surface area (Å²) >= 11 is 0. The molecule has 0 heterocycles. The Morgan fingerprint density at radius 2 is 1.67 bits per heavy atom. The first kappa shape index (κ1) is 9.74. The van der Waals surface area contributed by atoms with Crippen LogP contribution in [0.5, 0.6) is 0 Å². The average molecular weight is 179 g/mol. The minimum Gasteiger partial charge on any atom is -0.0986 e. The van der Waals surface area contributed by atoms with Gasteiger partial charge in [0, 0.05) is 6.16 Å². The van der Waals surface area contributed by atoms with E-state index in [1.54, 1.807) is 0 Å². The fourth-order valence-electron chi connectivity index (χ4n) is 1.16. The third kappa shape index (κ3) is 2.95. The molecule has 0 unspecified atom stereocenters. The molecule has 1 rings (SSSR count). The molecule has 0 saturated heterocycles. The van der Waals surface area contributed by atoms with Crippen LogP contribution in [0.3, 0.4) is 0 Å². The zero-order chi connectivity index (χ0) is 8.81. The standard InChI is InChI=1S/C11H16P/c1-3-12(4-2)10-11-8-6-5-7-9-11/h5-10H,3-4H2,1-2H3. The second kappa shape index (κ2) is 5.32. The van der Waals surface area contributed by atoms with Gasteiger partial charge in [0.15, 0.2) is 0 Å². The summed E-state index contributed by atoms with van der Waals surface area (Å²) in [4.78, 5) is 0. The zero-order valence-electron chi connectivity index (χ0n) is 7.83. The summed E-state index contributed by atoms with van der Waals surface area (Å²) in [6.45, 7) is 4.54. The van der Waals surface area contributed by atoms with E-state index in [1.165, 1.54) is 17.9 Å². The van der Waals surface area contributed by atoms with E-state index in [2.05, 4.69) is 50.3 Å². The Balaban J connectivity index is 2.51. The summed E-state index contributed by atoms with van der Waals surface area (Å²) in [6, 6.07) is 10.6. The molecule has 12 heavy (non-hydrogen) atoms. The molecule has 0 fully saturated rings. The summed E-state index contributed by atoms with van der Waals surface area (Å²) in [7, 11) is 0.142. The van der Waals surface area contributed by atoms with Crippen molar-refractivity contribution < 1.29 is 0 Å². The highest BCUT2D eigenvalue weighted by atomic mass is 31.1. The van der Waals surface area contributed by atoms with E-state index in [0.717, 1.165) is 0 Å². The molecule has 0 aliphatic rings. The Morgan fingerprint density at radius 3 is 2.17 bits per heavy atom. The lowest BCUT2D eigenvalue weighted by molar-refractivity contribution is 1.40. The predicted octanol–water partition coefficient (Wildman–Crippen LogP) is 3.72. The predicted molar refractivity (Wildman–Crippen MR) is 57.8 cm³/mol. The van der Waals surface area contributed by atoms with E-state index in [9.17, 15) is 0 Å². The van der Waals surface area contributed by atoms with Crippen LogP contribution in [-0.2, 0) is 0 Å². The van der Waals surface area contributed by atoms with E-state index >= 15 is 0 Å². The first-order chi connectivity index (χ1) is 5.86. The molecule has 1 radical (unpaired) electrons. The van der Waals surface area contributed by atoms with Crippen LogP contribution in [-0.4, -0.2) is 12.3 Å². The van der Waals surface area contributed by atoms with Gasteiger partial charge in [-0.25, -0.2) is 0 Å². The molecule has 0 aliphatic carbocycles. The largest absolute Gasteiger partial charge is 0.0986 e. The van der Waals surface area contributed by atoms with Gasteiger partial charge in [0.1, 0.15) is 0 Å². The Kier molecular flexibility index (Phi) is 4.32. The van der Waals surface area contributed by atoms with Crippen molar-refractivity contribution in [2.45, 2.75) is 13.8 Å². The number of rotatable bonds is 4. The van der Waals surface area contributed by atoms with Crippen molar-refractivity contribution in [1.29, 1.82) is 0 Å². The van der Waals surface area contributed by atoms with E-state index in [-0.39, 0.29) is 7.92 Å². The molecule has 0 bridgehead atoms. The van der Waals surface area contributed by atoms with Crippen LogP contribution in [0.4, 0.5) is 0 Å². The maximum Gasteiger partial charge on any atom is 0.0150 e. The third-order valence-electron chi connectivity index (χ3n) is 1.94. The molecular formula is C11H16P. The Morgan fingerprint density at radius 1 is 1.08 bits per heavy atom. The van der Waals surface area contributed by atoms with Crippen molar-refractivity contribution in [3.05, 3.63) is 42.1 Å². The maximum atomic E-state index is 2.43. The highest BCUT2D eigenvalue weighted by molar-refractivity contribution is 7.60. The lowest BCUT2D eigenvalue weighted by atomic mass is 10.2. The van der Waals surface area contributed by atoms with Crippen LogP contribution in [0, 0.1) is 6.16 Å². The summed E-state index contributed by atoms with van der Waals surface area (Å²) in [5, 5.41) is 0. The van der Waals surface area contributed by atoms with Gasteiger partial charge in [-0.2, -0.15) is 0 Å². The van der Waals surface area contributed by atoms with E-state index in [1.807, 2.05) is 0 Å². The summed E-state index contributed by atoms with van der Waals surface area (Å²) in [5.74, 6) is 0.